The average Bonchev–Trinajstić information content (AvgIpc) is 0.843. The second-order valence-corrected chi connectivity index (χ2v) is 27.8. The van der Waals surface area contributed by atoms with E-state index in [1.807, 2.05) is 57.2 Å². The smallest absolute Gasteiger partial charge is 0.305 e. The highest BCUT2D eigenvalue weighted by Crippen LogP contribution is 2.29. The fourth-order valence-corrected chi connectivity index (χ4v) is 11.7. The van der Waals surface area contributed by atoms with E-state index in [2.05, 4.69) is 63.1 Å². The number of benzene rings is 4. The topological polar surface area (TPSA) is 539 Å². The Kier molecular flexibility index (Phi) is 35.0. The highest BCUT2D eigenvalue weighted by atomic mass is 19.1. The quantitative estimate of drug-likeness (QED) is 0.0165. The average molecular weight is 1530 g/mol. The Labute approximate surface area is 636 Å². The molecule has 33 nitrogen and oxygen atoms in total. The first-order valence-electron chi connectivity index (χ1n) is 36.1. The molecule has 34 heteroatoms. The van der Waals surface area contributed by atoms with Crippen molar-refractivity contribution >= 4 is 76.9 Å². The van der Waals surface area contributed by atoms with Gasteiger partial charge in [0.2, 0.25) is 70.9 Å². The first-order chi connectivity index (χ1) is 52.0. The molecule has 0 aliphatic carbocycles. The summed E-state index contributed by atoms with van der Waals surface area (Å²) >= 11 is 0. The normalized spacial score (nSPS) is 14.3. The number of carboxylic acids is 1. The molecule has 110 heavy (non-hydrogen) atoms. The van der Waals surface area contributed by atoms with Gasteiger partial charge in [0, 0.05) is 44.1 Å². The number of amides is 12. The Balaban J connectivity index is 1.34. The molecular weight excluding hydrogens is 1430 g/mol. The van der Waals surface area contributed by atoms with Crippen LogP contribution in [0.5, 0.6) is 5.75 Å². The molecule has 0 radical (unpaired) electrons. The molecule has 0 bridgehead atoms. The standard InChI is InChI=1S/C76H104FN15O18/c1-9-48-35-52(110-30-13-12-28-78)23-24-53(48)49-21-19-46(20-22-49)34-57(67(102)85-55(65(80)100)18-14-15-47-32-42(2)31-43(3)33-47)86-68(103)58(36-62(98)99)87-69(104)59(40-93)88-70(105)63(44(4)94)91-74(109)76(8,37-50-16-10-11-17-54(50)77)92-71(106)64(45(5)95)90-61(97)39-83-66(101)56(25-26-60(79)96)89-73(108)75(6,7)72(107)82-29-27-51-38-81-41-84-51/h10-11,16-17,19-24,31-33,35,38,41,44-45,55-59,63-64,93-95H,9,12-15,18,25-30,34,36-37,39-40,78H2,1-8H3,(H2,79,96)(H2,80,100)(H,81,84)(H,82,107)(H,83,101)(H,85,102)(H,86,103)(H,87,104)(H,88,105)(H,89,108)(H,90,97)(H,91,109)(H,92,106)(H,98,99)/t44-,45-,55+,56+,57+,58+,59+,63+,64+,76+/m1/s1. The summed E-state index contributed by atoms with van der Waals surface area (Å²) in [7, 11) is 0. The van der Waals surface area contributed by atoms with E-state index >= 15 is 4.39 Å². The number of carbonyl (C=O) groups excluding carboxylic acids is 12. The number of carbonyl (C=O) groups is 13. The molecule has 12 amide bonds. The minimum atomic E-state index is -2.41. The first-order valence-corrected chi connectivity index (χ1v) is 36.1. The van der Waals surface area contributed by atoms with Crippen molar-refractivity contribution in [2.75, 3.05) is 32.8 Å². The van der Waals surface area contributed by atoms with Gasteiger partial charge < -0.3 is 101 Å². The van der Waals surface area contributed by atoms with E-state index < -0.39 is 187 Å². The lowest BCUT2D eigenvalue weighted by Gasteiger charge is -2.34. The van der Waals surface area contributed by atoms with Gasteiger partial charge in [0.25, 0.3) is 0 Å². The highest BCUT2D eigenvalue weighted by Gasteiger charge is 2.43. The molecule has 1 aromatic heterocycles. The third-order valence-corrected chi connectivity index (χ3v) is 18.0. The summed E-state index contributed by atoms with van der Waals surface area (Å²) in [6.07, 6.45) is -0.151. The Morgan fingerprint density at radius 3 is 1.85 bits per heavy atom. The van der Waals surface area contributed by atoms with Crippen LogP contribution in [0.3, 0.4) is 0 Å². The van der Waals surface area contributed by atoms with E-state index in [-0.39, 0.29) is 24.9 Å². The number of ether oxygens (including phenoxy) is 1. The van der Waals surface area contributed by atoms with E-state index in [1.54, 1.807) is 30.5 Å². The van der Waals surface area contributed by atoms with E-state index in [0.29, 0.717) is 55.8 Å². The molecule has 5 rings (SSSR count). The van der Waals surface area contributed by atoms with Crippen LogP contribution >= 0.6 is 0 Å². The number of primary amides is 2. The lowest BCUT2D eigenvalue weighted by molar-refractivity contribution is -0.143. The van der Waals surface area contributed by atoms with Gasteiger partial charge in [-0.1, -0.05) is 84.8 Å². The Bertz CT molecular complexity index is 4010. The van der Waals surface area contributed by atoms with Crippen LogP contribution in [0.1, 0.15) is 126 Å². The first kappa shape index (κ1) is 89.4. The van der Waals surface area contributed by atoms with Gasteiger partial charge in [-0.05, 0) is 152 Å². The number of rotatable bonds is 46. The number of H-pyrrole nitrogens is 1. The van der Waals surface area contributed by atoms with Crippen LogP contribution in [0.15, 0.2) is 97.5 Å². The molecule has 0 saturated heterocycles. The monoisotopic (exact) mass is 1530 g/mol. The van der Waals surface area contributed by atoms with Crippen molar-refractivity contribution in [2.45, 2.75) is 192 Å². The van der Waals surface area contributed by atoms with E-state index in [0.717, 1.165) is 73.1 Å². The van der Waals surface area contributed by atoms with Crippen LogP contribution in [0.25, 0.3) is 11.1 Å². The van der Waals surface area contributed by atoms with Crippen LogP contribution in [-0.2, 0) is 94.4 Å². The minimum Gasteiger partial charge on any atom is -0.494 e. The van der Waals surface area contributed by atoms with Crippen LogP contribution in [0, 0.1) is 25.1 Å². The molecule has 0 aliphatic rings. The molecule has 0 spiro atoms. The summed E-state index contributed by atoms with van der Waals surface area (Å²) in [5.41, 5.74) is 19.3. The number of halogens is 1. The predicted octanol–water partition coefficient (Wildman–Crippen LogP) is -0.930. The van der Waals surface area contributed by atoms with Gasteiger partial charge in [0.05, 0.1) is 44.7 Å². The molecule has 0 aliphatic heterocycles. The van der Waals surface area contributed by atoms with E-state index in [4.69, 9.17) is 21.9 Å². The maximum atomic E-state index is 15.5. The zero-order valence-electron chi connectivity index (χ0n) is 63.0. The van der Waals surface area contributed by atoms with Crippen molar-refractivity contribution in [2.24, 2.45) is 22.6 Å². The number of hydrogen-bond donors (Lipinski definition) is 18. The van der Waals surface area contributed by atoms with Gasteiger partial charge in [0.1, 0.15) is 64.8 Å². The van der Waals surface area contributed by atoms with Gasteiger partial charge in [-0.3, -0.25) is 62.3 Å². The summed E-state index contributed by atoms with van der Waals surface area (Å²) in [6, 6.07) is 11.0. The number of aliphatic carboxylic acids is 1. The molecule has 598 valence electrons. The number of nitrogens with two attached hydrogens (primary N) is 3. The van der Waals surface area contributed by atoms with Gasteiger partial charge >= 0.3 is 5.97 Å². The maximum Gasteiger partial charge on any atom is 0.305 e. The number of aliphatic hydroxyl groups excluding tert-OH is 3. The second-order valence-electron chi connectivity index (χ2n) is 27.8. The van der Waals surface area contributed by atoms with Crippen LogP contribution in [-0.4, -0.2) is 200 Å². The van der Waals surface area contributed by atoms with Crippen LogP contribution < -0.4 is 75.1 Å². The number of aliphatic hydroxyl groups is 3. The van der Waals surface area contributed by atoms with Crippen LogP contribution in [0.2, 0.25) is 0 Å². The van der Waals surface area contributed by atoms with Crippen molar-refractivity contribution in [1.82, 2.24) is 63.1 Å². The van der Waals surface area contributed by atoms with Gasteiger partial charge in [0.15, 0.2) is 0 Å². The third-order valence-electron chi connectivity index (χ3n) is 18.0. The maximum absolute atomic E-state index is 15.5. The van der Waals surface area contributed by atoms with E-state index in [1.165, 1.54) is 38.4 Å². The van der Waals surface area contributed by atoms with Gasteiger partial charge in [-0.2, -0.15) is 0 Å². The lowest BCUT2D eigenvalue weighted by Crippen LogP contribution is -2.67. The second kappa shape index (κ2) is 43.1. The fraction of sp³-hybridized carbons (Fsp3) is 0.474. The number of nitrogens with one attached hydrogen (secondary N) is 11. The predicted molar refractivity (Wildman–Crippen MR) is 400 cm³/mol. The van der Waals surface area contributed by atoms with E-state index in [9.17, 15) is 82.8 Å². The molecule has 1 heterocycles. The molecule has 0 saturated carbocycles. The molecule has 0 fully saturated rings. The zero-order valence-corrected chi connectivity index (χ0v) is 63.0. The number of aromatic nitrogens is 2. The van der Waals surface area contributed by atoms with Gasteiger partial charge in [-0.15, -0.1) is 0 Å². The summed E-state index contributed by atoms with van der Waals surface area (Å²) in [6.45, 7) is 10.5. The Morgan fingerprint density at radius 1 is 0.627 bits per heavy atom. The number of carboxylic acid groups (broad SMARTS) is 1. The molecule has 21 N–H and O–H groups in total. The van der Waals surface area contributed by atoms with Crippen molar-refractivity contribution < 1.29 is 91.9 Å². The largest absolute Gasteiger partial charge is 0.494 e. The van der Waals surface area contributed by atoms with Crippen molar-refractivity contribution in [3.8, 4) is 16.9 Å². The summed E-state index contributed by atoms with van der Waals surface area (Å²) in [5.74, 6) is -15.1. The van der Waals surface area contributed by atoms with Crippen molar-refractivity contribution in [3.05, 3.63) is 142 Å². The Hall–Kier alpha value is -11.2. The SMILES string of the molecule is CCc1cc(OCCCCN)ccc1-c1ccc(C[C@H](NC(=O)[C@H](CC(=O)O)NC(=O)[C@H](CO)NC(=O)[C@@H](NC(=O)[C@](C)(Cc2ccccc2F)NC(=O)[C@@H](NC(=O)CNC(=O)[C@H](CCC(N)=O)NC(=O)C(C)(C)C(=O)NCCc2cnc[nH]2)[C@@H](C)O)[C@@H](C)O)C(=O)N[C@@H](CCCc2cc(C)cc(C)c2)C(N)=O)cc1. The number of aromatic amines is 1. The molecule has 5 aromatic rings. The number of hydrogen-bond acceptors (Lipinski definition) is 19. The van der Waals surface area contributed by atoms with Crippen LogP contribution in [0.4, 0.5) is 4.39 Å². The summed E-state index contributed by atoms with van der Waals surface area (Å²) < 4.78 is 21.4. The highest BCUT2D eigenvalue weighted by molar-refractivity contribution is 6.06. The number of nitrogens with zero attached hydrogens (tertiary/aromatic N) is 1. The summed E-state index contributed by atoms with van der Waals surface area (Å²) in [5, 5.41) is 66.2. The molecule has 0 unspecified atom stereocenters. The third kappa shape index (κ3) is 28.1. The minimum absolute atomic E-state index is 0.0744. The fourth-order valence-electron chi connectivity index (χ4n) is 11.7. The number of aryl methyl sites for hydroxylation is 4. The zero-order chi connectivity index (χ0) is 81.6. The number of imidazole rings is 1. The molecule has 4 aromatic carbocycles. The number of unbranched alkanes of at least 4 members (excludes halogenated alkanes) is 1. The molecular formula is C76H104FN15O18. The summed E-state index contributed by atoms with van der Waals surface area (Å²) in [4.78, 5) is 184. The van der Waals surface area contributed by atoms with Crippen molar-refractivity contribution in [1.29, 1.82) is 0 Å². The van der Waals surface area contributed by atoms with Gasteiger partial charge in [-0.25, -0.2) is 9.37 Å². The van der Waals surface area contributed by atoms with Crippen molar-refractivity contribution in [3.63, 3.8) is 0 Å². The lowest BCUT2D eigenvalue weighted by atomic mass is 9.90. The molecule has 10 atom stereocenters. The Morgan fingerprint density at radius 2 is 1.25 bits per heavy atom.